The molecular formula is C21H27ClN4O2. The number of fused-ring (bicyclic) bond motifs is 1. The maximum atomic E-state index is 12.8. The summed E-state index contributed by atoms with van der Waals surface area (Å²) in [6.07, 6.45) is 6.16. The molecule has 1 saturated heterocycles. The van der Waals surface area contributed by atoms with Crippen LogP contribution in [0.1, 0.15) is 40.0 Å². The number of halogens is 1. The lowest BCUT2D eigenvalue weighted by atomic mass is 10.0. The standard InChI is InChI=1S/C21H27ClN4O2/c1-24-14-18(22)20(23-24)21(27)26-8-4-7-25(9-10-26)13-17-11-15-5-3-6-16(15)12-19(17)28-2/h11-12,14H,3-10,13H2,1-2H3. The minimum Gasteiger partial charge on any atom is -0.496 e. The minimum absolute atomic E-state index is 0.0810. The van der Waals surface area contributed by atoms with Gasteiger partial charge in [-0.3, -0.25) is 14.4 Å². The van der Waals surface area contributed by atoms with E-state index in [4.69, 9.17) is 16.3 Å². The van der Waals surface area contributed by atoms with Gasteiger partial charge in [0.2, 0.25) is 0 Å². The molecular weight excluding hydrogens is 376 g/mol. The molecule has 4 rings (SSSR count). The number of amides is 1. The molecule has 1 aliphatic heterocycles. The van der Waals surface area contributed by atoms with Crippen LogP contribution in [0.25, 0.3) is 0 Å². The number of carbonyl (C=O) groups is 1. The van der Waals surface area contributed by atoms with Crippen molar-refractivity contribution in [3.63, 3.8) is 0 Å². The van der Waals surface area contributed by atoms with Crippen molar-refractivity contribution in [1.82, 2.24) is 19.6 Å². The molecule has 1 aliphatic carbocycles. The van der Waals surface area contributed by atoms with Crippen LogP contribution in [-0.2, 0) is 26.4 Å². The summed E-state index contributed by atoms with van der Waals surface area (Å²) in [6.45, 7) is 4.04. The van der Waals surface area contributed by atoms with Gasteiger partial charge in [0, 0.05) is 51.5 Å². The van der Waals surface area contributed by atoms with E-state index in [1.165, 1.54) is 29.5 Å². The highest BCUT2D eigenvalue weighted by Gasteiger charge is 2.25. The van der Waals surface area contributed by atoms with Gasteiger partial charge in [-0.1, -0.05) is 17.7 Å². The number of aryl methyl sites for hydroxylation is 3. The zero-order valence-corrected chi connectivity index (χ0v) is 17.3. The highest BCUT2D eigenvalue weighted by Crippen LogP contribution is 2.31. The topological polar surface area (TPSA) is 50.6 Å². The number of ether oxygens (including phenoxy) is 1. The van der Waals surface area contributed by atoms with Crippen LogP contribution in [0.2, 0.25) is 5.02 Å². The fraction of sp³-hybridized carbons (Fsp3) is 0.524. The van der Waals surface area contributed by atoms with Crippen molar-refractivity contribution in [2.45, 2.75) is 32.2 Å². The summed E-state index contributed by atoms with van der Waals surface area (Å²) in [5.41, 5.74) is 4.49. The predicted octanol–water partition coefficient (Wildman–Crippen LogP) is 2.92. The average molecular weight is 403 g/mol. The molecule has 0 atom stereocenters. The molecule has 0 saturated carbocycles. The van der Waals surface area contributed by atoms with E-state index in [0.717, 1.165) is 44.8 Å². The second-order valence-electron chi connectivity index (χ2n) is 7.71. The van der Waals surface area contributed by atoms with Crippen molar-refractivity contribution < 1.29 is 9.53 Å². The monoisotopic (exact) mass is 402 g/mol. The van der Waals surface area contributed by atoms with E-state index in [9.17, 15) is 4.79 Å². The third-order valence-electron chi connectivity index (χ3n) is 5.75. The SMILES string of the molecule is COc1cc2c(cc1CN1CCCN(C(=O)c3nn(C)cc3Cl)CC1)CCC2. The van der Waals surface area contributed by atoms with E-state index in [1.807, 2.05) is 4.90 Å². The summed E-state index contributed by atoms with van der Waals surface area (Å²) in [7, 11) is 3.52. The molecule has 0 unspecified atom stereocenters. The summed E-state index contributed by atoms with van der Waals surface area (Å²) >= 11 is 6.16. The zero-order chi connectivity index (χ0) is 19.7. The largest absolute Gasteiger partial charge is 0.496 e. The Morgan fingerprint density at radius 2 is 1.93 bits per heavy atom. The molecule has 1 amide bonds. The first-order chi connectivity index (χ1) is 13.5. The van der Waals surface area contributed by atoms with Gasteiger partial charge in [0.05, 0.1) is 12.1 Å². The van der Waals surface area contributed by atoms with Crippen molar-refractivity contribution in [2.24, 2.45) is 7.05 Å². The van der Waals surface area contributed by atoms with Crippen molar-refractivity contribution in [1.29, 1.82) is 0 Å². The van der Waals surface area contributed by atoms with E-state index < -0.39 is 0 Å². The summed E-state index contributed by atoms with van der Waals surface area (Å²) in [6, 6.07) is 4.54. The second-order valence-corrected chi connectivity index (χ2v) is 8.11. The maximum absolute atomic E-state index is 12.8. The van der Waals surface area contributed by atoms with Crippen LogP contribution in [0, 0.1) is 0 Å². The van der Waals surface area contributed by atoms with E-state index >= 15 is 0 Å². The lowest BCUT2D eigenvalue weighted by Crippen LogP contribution is -2.35. The van der Waals surface area contributed by atoms with Crippen LogP contribution < -0.4 is 4.74 Å². The summed E-state index contributed by atoms with van der Waals surface area (Å²) in [5.74, 6) is 0.903. The molecule has 150 valence electrons. The molecule has 1 fully saturated rings. The first-order valence-electron chi connectivity index (χ1n) is 9.94. The van der Waals surface area contributed by atoms with Crippen LogP contribution in [0.4, 0.5) is 0 Å². The number of rotatable bonds is 4. The molecule has 1 aromatic heterocycles. The molecule has 0 bridgehead atoms. The van der Waals surface area contributed by atoms with Crippen LogP contribution in [-0.4, -0.2) is 58.8 Å². The third-order valence-corrected chi connectivity index (χ3v) is 6.03. The Morgan fingerprint density at radius 1 is 1.14 bits per heavy atom. The van der Waals surface area contributed by atoms with Gasteiger partial charge in [0.1, 0.15) is 5.75 Å². The van der Waals surface area contributed by atoms with Gasteiger partial charge in [-0.15, -0.1) is 0 Å². The molecule has 7 heteroatoms. The van der Waals surface area contributed by atoms with Gasteiger partial charge in [0.25, 0.3) is 5.91 Å². The van der Waals surface area contributed by atoms with Crippen LogP contribution in [0.15, 0.2) is 18.3 Å². The van der Waals surface area contributed by atoms with Crippen LogP contribution in [0.5, 0.6) is 5.75 Å². The predicted molar refractivity (Wildman–Crippen MR) is 109 cm³/mol. The van der Waals surface area contributed by atoms with Crippen LogP contribution in [0.3, 0.4) is 0 Å². The lowest BCUT2D eigenvalue weighted by molar-refractivity contribution is 0.0754. The van der Waals surface area contributed by atoms with Crippen molar-refractivity contribution in [3.05, 3.63) is 45.7 Å². The van der Waals surface area contributed by atoms with Gasteiger partial charge in [-0.25, -0.2) is 0 Å². The van der Waals surface area contributed by atoms with E-state index in [-0.39, 0.29) is 5.91 Å². The number of hydrogen-bond acceptors (Lipinski definition) is 4. The van der Waals surface area contributed by atoms with Crippen molar-refractivity contribution in [3.8, 4) is 5.75 Å². The normalized spacial score (nSPS) is 17.5. The summed E-state index contributed by atoms with van der Waals surface area (Å²) in [4.78, 5) is 17.1. The number of carbonyl (C=O) groups excluding carboxylic acids is 1. The van der Waals surface area contributed by atoms with Gasteiger partial charge in [-0.05, 0) is 42.9 Å². The van der Waals surface area contributed by atoms with E-state index in [2.05, 4.69) is 22.1 Å². The lowest BCUT2D eigenvalue weighted by Gasteiger charge is -2.23. The molecule has 1 aromatic carbocycles. The minimum atomic E-state index is -0.0810. The molecule has 0 radical (unpaired) electrons. The van der Waals surface area contributed by atoms with Crippen LogP contribution >= 0.6 is 11.6 Å². The molecule has 2 aromatic rings. The van der Waals surface area contributed by atoms with Gasteiger partial charge < -0.3 is 9.64 Å². The van der Waals surface area contributed by atoms with Gasteiger partial charge in [-0.2, -0.15) is 5.10 Å². The molecule has 2 aliphatic rings. The van der Waals surface area contributed by atoms with Crippen molar-refractivity contribution in [2.75, 3.05) is 33.3 Å². The molecule has 0 N–H and O–H groups in total. The van der Waals surface area contributed by atoms with Gasteiger partial charge in [0.15, 0.2) is 5.69 Å². The Hall–Kier alpha value is -2.05. The number of methoxy groups -OCH3 is 1. The number of hydrogen-bond donors (Lipinski definition) is 0. The first-order valence-corrected chi connectivity index (χ1v) is 10.3. The Balaban J connectivity index is 1.43. The maximum Gasteiger partial charge on any atom is 0.275 e. The summed E-state index contributed by atoms with van der Waals surface area (Å²) < 4.78 is 7.24. The third kappa shape index (κ3) is 3.89. The molecule has 6 nitrogen and oxygen atoms in total. The second kappa shape index (κ2) is 8.13. The molecule has 28 heavy (non-hydrogen) atoms. The number of benzene rings is 1. The Kier molecular flexibility index (Phi) is 5.60. The molecule has 2 heterocycles. The highest BCUT2D eigenvalue weighted by molar-refractivity contribution is 6.33. The Bertz CT molecular complexity index is 880. The fourth-order valence-corrected chi connectivity index (χ4v) is 4.55. The first kappa shape index (κ1) is 19.3. The van der Waals surface area contributed by atoms with E-state index in [1.54, 1.807) is 25.0 Å². The van der Waals surface area contributed by atoms with E-state index in [0.29, 0.717) is 17.3 Å². The zero-order valence-electron chi connectivity index (χ0n) is 16.6. The molecule has 0 spiro atoms. The van der Waals surface area contributed by atoms with Gasteiger partial charge >= 0.3 is 0 Å². The van der Waals surface area contributed by atoms with Crippen molar-refractivity contribution >= 4 is 17.5 Å². The Labute approximate surface area is 171 Å². The Morgan fingerprint density at radius 3 is 2.64 bits per heavy atom. The summed E-state index contributed by atoms with van der Waals surface area (Å²) in [5, 5.41) is 4.64. The quantitative estimate of drug-likeness (QED) is 0.789. The fourth-order valence-electron chi connectivity index (χ4n) is 4.29. The number of aromatic nitrogens is 2. The average Bonchev–Trinajstić information content (AvgIpc) is 3.19. The smallest absolute Gasteiger partial charge is 0.275 e. The highest BCUT2D eigenvalue weighted by atomic mass is 35.5. The number of nitrogens with zero attached hydrogens (tertiary/aromatic N) is 4.